The molecule has 0 aromatic heterocycles. The van der Waals surface area contributed by atoms with Gasteiger partial charge in [0.2, 0.25) is 15.7 Å². The Morgan fingerprint density at radius 2 is 2.10 bits per heavy atom. The highest BCUT2D eigenvalue weighted by Crippen LogP contribution is 1.83. The van der Waals surface area contributed by atoms with Gasteiger partial charge in [-0.3, -0.25) is 4.79 Å². The summed E-state index contributed by atoms with van der Waals surface area (Å²) in [7, 11) is 3.33. The lowest BCUT2D eigenvalue weighted by Crippen LogP contribution is -2.37. The van der Waals surface area contributed by atoms with Crippen LogP contribution in [0.2, 0.25) is 0 Å². The molecular weight excluding hydrogens is 144 g/mol. The molecule has 0 aliphatic heterocycles. The molecule has 0 fully saturated rings. The third-order valence-electron chi connectivity index (χ3n) is 0.943. The van der Waals surface area contributed by atoms with Crippen molar-refractivity contribution in [3.8, 4) is 0 Å². The van der Waals surface area contributed by atoms with E-state index in [1.165, 1.54) is 0 Å². The molecule has 0 unspecified atom stereocenters. The Morgan fingerprint density at radius 1 is 1.60 bits per heavy atom. The Labute approximate surface area is 64.1 Å². The van der Waals surface area contributed by atoms with Gasteiger partial charge in [-0.2, -0.15) is 0 Å². The van der Waals surface area contributed by atoms with Crippen molar-refractivity contribution in [3.05, 3.63) is 12.2 Å². The fraction of sp³-hybridized carbons (Fsp3) is 0.500. The molecule has 0 saturated carbocycles. The van der Waals surface area contributed by atoms with E-state index in [0.717, 1.165) is 0 Å². The minimum atomic E-state index is -0.571. The Hall–Kier alpha value is -0.613. The average Bonchev–Trinajstić information content (AvgIpc) is 1.82. The Balaban J connectivity index is 3.50. The van der Waals surface area contributed by atoms with Crippen LogP contribution in [-0.2, 0) is 4.79 Å². The number of nitrogens with one attached hydrogen (secondary N) is 1. The fourth-order valence-electron chi connectivity index (χ4n) is 0.381. The van der Waals surface area contributed by atoms with E-state index in [4.69, 9.17) is 0 Å². The lowest BCUT2D eigenvalue weighted by atomic mass is 10.3. The molecule has 0 rings (SSSR count). The van der Waals surface area contributed by atoms with Crippen LogP contribution in [0.5, 0.6) is 0 Å². The molecule has 0 aliphatic rings. The van der Waals surface area contributed by atoms with Gasteiger partial charge < -0.3 is 9.55 Å². The number of hydrogen-bond donors (Lipinski definition) is 1. The van der Waals surface area contributed by atoms with Crippen LogP contribution in [0.15, 0.2) is 12.2 Å². The minimum Gasteiger partial charge on any atom is -0.370 e. The molecule has 1 N–H and O–H groups in total. The van der Waals surface area contributed by atoms with E-state index in [0.29, 0.717) is 5.57 Å². The van der Waals surface area contributed by atoms with Crippen LogP contribution in [0.1, 0.15) is 6.92 Å². The molecule has 0 atom stereocenters. The van der Waals surface area contributed by atoms with Crippen molar-refractivity contribution < 1.29 is 4.79 Å². The second-order valence-electron chi connectivity index (χ2n) is 2.52. The van der Waals surface area contributed by atoms with E-state index >= 15 is 0 Å². The van der Waals surface area contributed by atoms with Crippen molar-refractivity contribution in [2.24, 2.45) is 0 Å². The minimum absolute atomic E-state index is 0.0274. The Bertz CT molecular complexity index is 145. The zero-order chi connectivity index (χ0) is 8.15. The highest BCUT2D eigenvalue weighted by atomic mass is 28.2. The third kappa shape index (κ3) is 4.28. The van der Waals surface area contributed by atoms with Crippen LogP contribution in [-0.4, -0.2) is 34.4 Å². The second kappa shape index (κ2) is 4.24. The van der Waals surface area contributed by atoms with E-state index < -0.39 is 9.84 Å². The summed E-state index contributed by atoms with van der Waals surface area (Å²) in [6, 6.07) is 0. The summed E-state index contributed by atoms with van der Waals surface area (Å²) in [6.45, 7) is 5.23. The number of carbonyl (C=O) groups excluding carboxylic acids is 1. The lowest BCUT2D eigenvalue weighted by Gasteiger charge is -2.09. The Morgan fingerprint density at radius 3 is 2.40 bits per heavy atom. The van der Waals surface area contributed by atoms with Gasteiger partial charge in [0, 0.05) is 5.57 Å². The van der Waals surface area contributed by atoms with E-state index in [1.807, 2.05) is 18.7 Å². The van der Waals surface area contributed by atoms with Crippen molar-refractivity contribution in [1.82, 2.24) is 9.55 Å². The maximum Gasteiger partial charge on any atom is 0.239 e. The molecule has 1 amide bonds. The molecule has 0 radical (unpaired) electrons. The molecule has 0 aliphatic carbocycles. The molecule has 0 aromatic carbocycles. The van der Waals surface area contributed by atoms with Gasteiger partial charge in [-0.1, -0.05) is 6.58 Å². The Kier molecular flexibility index (Phi) is 3.98. The zero-order valence-electron chi connectivity index (χ0n) is 6.77. The van der Waals surface area contributed by atoms with Gasteiger partial charge in [-0.05, 0) is 21.0 Å². The van der Waals surface area contributed by atoms with Crippen LogP contribution in [0.25, 0.3) is 0 Å². The van der Waals surface area contributed by atoms with Crippen LogP contribution in [0, 0.1) is 0 Å². The van der Waals surface area contributed by atoms with Crippen LogP contribution >= 0.6 is 0 Å². The van der Waals surface area contributed by atoms with Crippen molar-refractivity contribution in [3.63, 3.8) is 0 Å². The molecular formula is C6H14N2OSi. The van der Waals surface area contributed by atoms with Crippen molar-refractivity contribution in [2.45, 2.75) is 6.92 Å². The summed E-state index contributed by atoms with van der Waals surface area (Å²) in [5.41, 5.74) is 0.578. The molecule has 0 bridgehead atoms. The van der Waals surface area contributed by atoms with Gasteiger partial charge in [0.15, 0.2) is 0 Å². The normalized spacial score (nSPS) is 10.8. The van der Waals surface area contributed by atoms with Gasteiger partial charge in [-0.15, -0.1) is 0 Å². The lowest BCUT2D eigenvalue weighted by molar-refractivity contribution is -0.115. The predicted octanol–water partition coefficient (Wildman–Crippen LogP) is -0.761. The molecule has 58 valence electrons. The summed E-state index contributed by atoms with van der Waals surface area (Å²) in [4.78, 5) is 13.7. The maximum absolute atomic E-state index is 10.8. The van der Waals surface area contributed by atoms with Gasteiger partial charge in [0.1, 0.15) is 0 Å². The second-order valence-corrected chi connectivity index (χ2v) is 4.46. The number of amides is 1. The average molecular weight is 158 g/mol. The van der Waals surface area contributed by atoms with Crippen molar-refractivity contribution in [2.75, 3.05) is 14.1 Å². The quantitative estimate of drug-likeness (QED) is 0.432. The summed E-state index contributed by atoms with van der Waals surface area (Å²) < 4.78 is 2.01. The largest absolute Gasteiger partial charge is 0.370 e. The van der Waals surface area contributed by atoms with Gasteiger partial charge >= 0.3 is 0 Å². The monoisotopic (exact) mass is 158 g/mol. The molecule has 3 nitrogen and oxygen atoms in total. The molecule has 0 spiro atoms. The number of carbonyl (C=O) groups is 1. The zero-order valence-corrected chi connectivity index (χ0v) is 8.18. The van der Waals surface area contributed by atoms with E-state index in [2.05, 4.69) is 11.6 Å². The van der Waals surface area contributed by atoms with Crippen LogP contribution in [0.4, 0.5) is 0 Å². The van der Waals surface area contributed by atoms with E-state index in [-0.39, 0.29) is 5.91 Å². The first-order valence-electron chi connectivity index (χ1n) is 3.12. The topological polar surface area (TPSA) is 32.3 Å². The number of rotatable bonds is 3. The number of hydrogen-bond acceptors (Lipinski definition) is 2. The molecule has 0 aromatic rings. The van der Waals surface area contributed by atoms with Gasteiger partial charge in [0.25, 0.3) is 0 Å². The third-order valence-corrected chi connectivity index (χ3v) is 2.06. The smallest absolute Gasteiger partial charge is 0.239 e. The highest BCUT2D eigenvalue weighted by Gasteiger charge is 1.99. The molecule has 0 heterocycles. The van der Waals surface area contributed by atoms with Crippen LogP contribution in [0.3, 0.4) is 0 Å². The summed E-state index contributed by atoms with van der Waals surface area (Å²) in [5.74, 6) is -0.0274. The predicted molar refractivity (Wildman–Crippen MR) is 45.2 cm³/mol. The maximum atomic E-state index is 10.8. The van der Waals surface area contributed by atoms with E-state index in [1.54, 1.807) is 6.92 Å². The number of nitrogens with zero attached hydrogens (tertiary/aromatic N) is 1. The molecule has 10 heavy (non-hydrogen) atoms. The highest BCUT2D eigenvalue weighted by molar-refractivity contribution is 6.35. The molecule has 0 saturated heterocycles. The standard InChI is InChI=1S/C6H14N2OSi/c1-5(2)6(9)7-10-8(3)4/h1,10H2,2-4H3,(H,7,9). The van der Waals surface area contributed by atoms with E-state index in [9.17, 15) is 4.79 Å². The fourth-order valence-corrected chi connectivity index (χ4v) is 1.14. The first kappa shape index (κ1) is 9.39. The van der Waals surface area contributed by atoms with Gasteiger partial charge in [0.05, 0.1) is 0 Å². The summed E-state index contributed by atoms with van der Waals surface area (Å²) in [5, 5.41) is 0. The first-order chi connectivity index (χ1) is 4.54. The SMILES string of the molecule is C=C(C)C(=O)N[SiH2]N(C)C. The first-order valence-corrected chi connectivity index (χ1v) is 4.46. The van der Waals surface area contributed by atoms with Crippen molar-refractivity contribution >= 4 is 15.7 Å². The van der Waals surface area contributed by atoms with Crippen molar-refractivity contribution in [1.29, 1.82) is 0 Å². The summed E-state index contributed by atoms with van der Waals surface area (Å²) in [6.07, 6.45) is 0. The molecule has 4 heteroatoms. The van der Waals surface area contributed by atoms with Crippen LogP contribution < -0.4 is 4.98 Å². The summed E-state index contributed by atoms with van der Waals surface area (Å²) >= 11 is 0. The van der Waals surface area contributed by atoms with Gasteiger partial charge in [-0.25, -0.2) is 0 Å².